The molecule has 174 valence electrons. The van der Waals surface area contributed by atoms with Crippen LogP contribution in [0, 0.1) is 11.7 Å². The summed E-state index contributed by atoms with van der Waals surface area (Å²) < 4.78 is 15.4. The Bertz CT molecular complexity index is 912. The van der Waals surface area contributed by atoms with Gasteiger partial charge in [-0.15, -0.1) is 10.2 Å². The predicted octanol–water partition coefficient (Wildman–Crippen LogP) is 3.35. The molecule has 1 aliphatic heterocycles. The van der Waals surface area contributed by atoms with Crippen molar-refractivity contribution >= 4 is 23.7 Å². The number of nitrogens with one attached hydrogen (secondary N) is 2. The molecule has 3 rings (SSSR count). The lowest BCUT2D eigenvalue weighted by atomic mass is 10.1. The number of rotatable bonds is 8. The first-order chi connectivity index (χ1) is 15.3. The molecule has 10 heteroatoms. The number of halogens is 1. The maximum absolute atomic E-state index is 13.5. The van der Waals surface area contributed by atoms with Crippen molar-refractivity contribution in [2.75, 3.05) is 19.6 Å². The van der Waals surface area contributed by atoms with E-state index in [1.54, 1.807) is 19.1 Å². The molecule has 1 atom stereocenters. The lowest BCUT2D eigenvalue weighted by Crippen LogP contribution is -2.43. The standard InChI is InChI=1S/C22H31FN6O2S/c1-15(2)13-24-21(31)25-20(30)16(3)32-22-27-26-19(14-28-11-5-4-6-12-28)29(22)18-9-7-17(23)8-10-18/h7-10,15-16H,4-6,11-14H2,1-3H3,(H2,24,25,30,31). The van der Waals surface area contributed by atoms with Crippen LogP contribution < -0.4 is 10.6 Å². The number of imide groups is 1. The minimum absolute atomic E-state index is 0.287. The SMILES string of the molecule is CC(C)CNC(=O)NC(=O)C(C)Sc1nnc(CN2CCCCC2)n1-c1ccc(F)cc1. The van der Waals surface area contributed by atoms with Crippen molar-refractivity contribution in [2.45, 2.75) is 57.0 Å². The third-order valence-corrected chi connectivity index (χ3v) is 6.20. The summed E-state index contributed by atoms with van der Waals surface area (Å²) in [6.07, 6.45) is 3.55. The van der Waals surface area contributed by atoms with Crippen molar-refractivity contribution in [3.8, 4) is 5.69 Å². The molecule has 1 aromatic carbocycles. The van der Waals surface area contributed by atoms with Crippen LogP contribution in [0.4, 0.5) is 9.18 Å². The van der Waals surface area contributed by atoms with E-state index < -0.39 is 17.2 Å². The monoisotopic (exact) mass is 462 g/mol. The Morgan fingerprint density at radius 2 is 1.78 bits per heavy atom. The van der Waals surface area contributed by atoms with Crippen LogP contribution >= 0.6 is 11.8 Å². The number of hydrogen-bond acceptors (Lipinski definition) is 6. The second-order valence-corrected chi connectivity index (χ2v) is 9.71. The lowest BCUT2D eigenvalue weighted by molar-refractivity contribution is -0.119. The number of carbonyl (C=O) groups excluding carboxylic acids is 2. The number of aromatic nitrogens is 3. The highest BCUT2D eigenvalue weighted by Crippen LogP contribution is 2.27. The van der Waals surface area contributed by atoms with Gasteiger partial charge in [-0.05, 0) is 63.0 Å². The summed E-state index contributed by atoms with van der Waals surface area (Å²) in [6.45, 7) is 8.78. The van der Waals surface area contributed by atoms with Gasteiger partial charge in [-0.25, -0.2) is 9.18 Å². The Labute approximate surface area is 192 Å². The molecule has 2 heterocycles. The largest absolute Gasteiger partial charge is 0.338 e. The average Bonchev–Trinajstić information content (AvgIpc) is 3.15. The van der Waals surface area contributed by atoms with E-state index in [1.165, 1.54) is 30.3 Å². The Morgan fingerprint density at radius 3 is 2.44 bits per heavy atom. The number of hydrogen-bond donors (Lipinski definition) is 2. The summed E-state index contributed by atoms with van der Waals surface area (Å²) in [6, 6.07) is 5.62. The van der Waals surface area contributed by atoms with E-state index in [4.69, 9.17) is 0 Å². The molecular formula is C22H31FN6O2S. The molecule has 1 fully saturated rings. The number of nitrogens with zero attached hydrogens (tertiary/aromatic N) is 4. The summed E-state index contributed by atoms with van der Waals surface area (Å²) >= 11 is 1.21. The van der Waals surface area contributed by atoms with Gasteiger partial charge in [0.1, 0.15) is 5.82 Å². The predicted molar refractivity (Wildman–Crippen MR) is 122 cm³/mol. The molecule has 1 aliphatic rings. The summed E-state index contributed by atoms with van der Waals surface area (Å²) in [5.74, 6) is 0.287. The van der Waals surface area contributed by atoms with Gasteiger partial charge in [0.2, 0.25) is 5.91 Å². The Balaban J connectivity index is 1.75. The van der Waals surface area contributed by atoms with Gasteiger partial charge in [0, 0.05) is 12.2 Å². The Hall–Kier alpha value is -2.46. The molecule has 32 heavy (non-hydrogen) atoms. The van der Waals surface area contributed by atoms with E-state index in [0.717, 1.165) is 37.4 Å². The third kappa shape index (κ3) is 6.77. The normalized spacial score (nSPS) is 15.5. The molecule has 0 saturated carbocycles. The van der Waals surface area contributed by atoms with E-state index >= 15 is 0 Å². The topological polar surface area (TPSA) is 92.2 Å². The quantitative estimate of drug-likeness (QED) is 0.585. The Morgan fingerprint density at radius 1 is 1.09 bits per heavy atom. The highest BCUT2D eigenvalue weighted by Gasteiger charge is 2.24. The van der Waals surface area contributed by atoms with Crippen molar-refractivity contribution in [3.63, 3.8) is 0 Å². The molecule has 1 unspecified atom stereocenters. The zero-order valence-corrected chi connectivity index (χ0v) is 19.6. The van der Waals surface area contributed by atoms with E-state index in [-0.39, 0.29) is 11.7 Å². The lowest BCUT2D eigenvalue weighted by Gasteiger charge is -2.26. The molecule has 0 aliphatic carbocycles. The molecule has 3 amide bonds. The van der Waals surface area contributed by atoms with Crippen LogP contribution in [0.5, 0.6) is 0 Å². The highest BCUT2D eigenvalue weighted by atomic mass is 32.2. The van der Waals surface area contributed by atoms with Crippen molar-refractivity contribution in [2.24, 2.45) is 5.92 Å². The molecule has 1 saturated heterocycles. The zero-order valence-electron chi connectivity index (χ0n) is 18.8. The van der Waals surface area contributed by atoms with Crippen molar-refractivity contribution in [1.82, 2.24) is 30.3 Å². The van der Waals surface area contributed by atoms with Crippen LogP contribution in [0.2, 0.25) is 0 Å². The molecule has 8 nitrogen and oxygen atoms in total. The van der Waals surface area contributed by atoms with Gasteiger partial charge in [0.15, 0.2) is 11.0 Å². The maximum atomic E-state index is 13.5. The van der Waals surface area contributed by atoms with Gasteiger partial charge in [0.05, 0.1) is 11.8 Å². The number of benzene rings is 1. The minimum Gasteiger partial charge on any atom is -0.338 e. The second-order valence-electron chi connectivity index (χ2n) is 8.40. The van der Waals surface area contributed by atoms with Gasteiger partial charge < -0.3 is 5.32 Å². The zero-order chi connectivity index (χ0) is 23.1. The van der Waals surface area contributed by atoms with Gasteiger partial charge in [-0.3, -0.25) is 19.6 Å². The smallest absolute Gasteiger partial charge is 0.321 e. The number of amides is 3. The summed E-state index contributed by atoms with van der Waals surface area (Å²) in [5, 5.41) is 13.7. The van der Waals surface area contributed by atoms with Crippen LogP contribution in [0.25, 0.3) is 5.69 Å². The first-order valence-electron chi connectivity index (χ1n) is 11.0. The fourth-order valence-corrected chi connectivity index (χ4v) is 4.30. The first kappa shape index (κ1) is 24.2. The molecule has 0 radical (unpaired) electrons. The molecular weight excluding hydrogens is 431 g/mol. The summed E-state index contributed by atoms with van der Waals surface area (Å²) in [5.41, 5.74) is 0.730. The number of carbonyl (C=O) groups is 2. The van der Waals surface area contributed by atoms with Gasteiger partial charge in [0.25, 0.3) is 0 Å². The van der Waals surface area contributed by atoms with Crippen LogP contribution in [-0.4, -0.2) is 56.5 Å². The van der Waals surface area contributed by atoms with Crippen LogP contribution in [0.1, 0.15) is 45.9 Å². The van der Waals surface area contributed by atoms with E-state index in [1.807, 2.05) is 18.4 Å². The van der Waals surface area contributed by atoms with Crippen molar-refractivity contribution in [1.29, 1.82) is 0 Å². The van der Waals surface area contributed by atoms with E-state index in [9.17, 15) is 14.0 Å². The molecule has 1 aromatic heterocycles. The number of piperidine rings is 1. The first-order valence-corrected chi connectivity index (χ1v) is 11.9. The molecule has 2 N–H and O–H groups in total. The van der Waals surface area contributed by atoms with E-state index in [2.05, 4.69) is 25.7 Å². The van der Waals surface area contributed by atoms with Crippen LogP contribution in [-0.2, 0) is 11.3 Å². The van der Waals surface area contributed by atoms with Gasteiger partial charge >= 0.3 is 6.03 Å². The minimum atomic E-state index is -0.578. The number of thioether (sulfide) groups is 1. The van der Waals surface area contributed by atoms with Gasteiger partial charge in [-0.1, -0.05) is 32.0 Å². The van der Waals surface area contributed by atoms with Crippen LogP contribution in [0.15, 0.2) is 29.4 Å². The highest BCUT2D eigenvalue weighted by molar-refractivity contribution is 8.00. The van der Waals surface area contributed by atoms with Crippen molar-refractivity contribution < 1.29 is 14.0 Å². The second kappa shape index (κ2) is 11.4. The van der Waals surface area contributed by atoms with E-state index in [0.29, 0.717) is 18.2 Å². The number of likely N-dealkylation sites (tertiary alicyclic amines) is 1. The number of urea groups is 1. The van der Waals surface area contributed by atoms with Crippen LogP contribution in [0.3, 0.4) is 0 Å². The Kier molecular flexibility index (Phi) is 8.63. The van der Waals surface area contributed by atoms with Crippen molar-refractivity contribution in [3.05, 3.63) is 35.9 Å². The summed E-state index contributed by atoms with van der Waals surface area (Å²) in [7, 11) is 0. The average molecular weight is 463 g/mol. The van der Waals surface area contributed by atoms with Gasteiger partial charge in [-0.2, -0.15) is 0 Å². The maximum Gasteiger partial charge on any atom is 0.321 e. The molecule has 0 bridgehead atoms. The third-order valence-electron chi connectivity index (χ3n) is 5.16. The molecule has 2 aromatic rings. The fourth-order valence-electron chi connectivity index (χ4n) is 3.41. The molecule has 0 spiro atoms. The fraction of sp³-hybridized carbons (Fsp3) is 0.545. The summed E-state index contributed by atoms with van der Waals surface area (Å²) in [4.78, 5) is 26.8.